The van der Waals surface area contributed by atoms with Crippen molar-refractivity contribution in [3.05, 3.63) is 117 Å². The second-order valence-corrected chi connectivity index (χ2v) is 6.83. The van der Waals surface area contributed by atoms with Crippen LogP contribution in [0.25, 0.3) is 5.69 Å². The lowest BCUT2D eigenvalue weighted by Crippen LogP contribution is -2.21. The van der Waals surface area contributed by atoms with Crippen LogP contribution >= 0.6 is 11.6 Å². The summed E-state index contributed by atoms with van der Waals surface area (Å²) in [5, 5.41) is 3.77. The quantitative estimate of drug-likeness (QED) is 0.475. The van der Waals surface area contributed by atoms with Crippen molar-refractivity contribution < 1.29 is 0 Å². The Labute approximate surface area is 167 Å². The van der Waals surface area contributed by atoms with Crippen LogP contribution in [0.2, 0.25) is 5.02 Å². The Morgan fingerprint density at radius 2 is 1.61 bits per heavy atom. The van der Waals surface area contributed by atoms with Gasteiger partial charge in [0.2, 0.25) is 0 Å². The summed E-state index contributed by atoms with van der Waals surface area (Å²) in [4.78, 5) is 18.1. The smallest absolute Gasteiger partial charge is 0.280 e. The standard InChI is InChI=1S/C23H18ClN3O/c1-16-21(23(28)27(26-16)20-13-6-3-7-14-20)22(17-9-4-2-5-10-17)25-19-12-8-11-18(24)15-19/h2-15,26H,1H3. The minimum atomic E-state index is -0.145. The molecule has 0 aliphatic rings. The highest BCUT2D eigenvalue weighted by Crippen LogP contribution is 2.22. The van der Waals surface area contributed by atoms with E-state index in [1.807, 2.05) is 79.7 Å². The van der Waals surface area contributed by atoms with Crippen LogP contribution in [0.5, 0.6) is 0 Å². The van der Waals surface area contributed by atoms with Crippen molar-refractivity contribution in [1.82, 2.24) is 9.78 Å². The third kappa shape index (κ3) is 3.55. The topological polar surface area (TPSA) is 50.1 Å². The number of nitrogens with zero attached hydrogens (tertiary/aromatic N) is 2. The number of H-pyrrole nitrogens is 1. The van der Waals surface area contributed by atoms with Gasteiger partial charge in [0.15, 0.2) is 0 Å². The summed E-state index contributed by atoms with van der Waals surface area (Å²) >= 11 is 6.13. The fraction of sp³-hybridized carbons (Fsp3) is 0.0435. The van der Waals surface area contributed by atoms with Crippen molar-refractivity contribution >= 4 is 23.0 Å². The highest BCUT2D eigenvalue weighted by atomic mass is 35.5. The molecule has 1 aromatic heterocycles. The average Bonchev–Trinajstić information content (AvgIpc) is 3.02. The largest absolute Gasteiger partial charge is 0.295 e. The van der Waals surface area contributed by atoms with E-state index in [2.05, 4.69) is 5.10 Å². The fourth-order valence-electron chi connectivity index (χ4n) is 3.12. The minimum absolute atomic E-state index is 0.145. The van der Waals surface area contributed by atoms with E-state index in [0.29, 0.717) is 22.0 Å². The van der Waals surface area contributed by atoms with Crippen molar-refractivity contribution in [3.8, 4) is 5.69 Å². The van der Waals surface area contributed by atoms with E-state index in [0.717, 1.165) is 16.9 Å². The molecule has 0 radical (unpaired) electrons. The molecule has 0 amide bonds. The van der Waals surface area contributed by atoms with E-state index in [4.69, 9.17) is 16.6 Å². The first kappa shape index (κ1) is 18.0. The molecule has 0 atom stereocenters. The molecule has 1 N–H and O–H groups in total. The minimum Gasteiger partial charge on any atom is -0.295 e. The molecule has 1 heterocycles. The Bertz CT molecular complexity index is 1190. The molecule has 0 aliphatic carbocycles. The van der Waals surface area contributed by atoms with Crippen molar-refractivity contribution in [1.29, 1.82) is 0 Å². The van der Waals surface area contributed by atoms with E-state index in [1.54, 1.807) is 16.8 Å². The summed E-state index contributed by atoms with van der Waals surface area (Å²) in [5.41, 5.74) is 4.08. The molecule has 0 unspecified atom stereocenters. The zero-order chi connectivity index (χ0) is 19.5. The van der Waals surface area contributed by atoms with Crippen molar-refractivity contribution in [2.24, 2.45) is 4.99 Å². The number of hydrogen-bond donors (Lipinski definition) is 1. The monoisotopic (exact) mass is 387 g/mol. The molecule has 3 aromatic carbocycles. The SMILES string of the molecule is Cc1[nH]n(-c2ccccc2)c(=O)c1C(=Nc1cccc(Cl)c1)c1ccccc1. The molecule has 4 nitrogen and oxygen atoms in total. The van der Waals surface area contributed by atoms with Gasteiger partial charge in [-0.2, -0.15) is 0 Å². The van der Waals surface area contributed by atoms with Crippen LogP contribution < -0.4 is 5.56 Å². The van der Waals surface area contributed by atoms with Gasteiger partial charge < -0.3 is 0 Å². The second-order valence-electron chi connectivity index (χ2n) is 6.39. The van der Waals surface area contributed by atoms with Gasteiger partial charge in [0.1, 0.15) is 0 Å². The van der Waals surface area contributed by atoms with Crippen LogP contribution in [0.3, 0.4) is 0 Å². The van der Waals surface area contributed by atoms with Gasteiger partial charge in [-0.15, -0.1) is 0 Å². The van der Waals surface area contributed by atoms with E-state index in [9.17, 15) is 4.79 Å². The first-order valence-corrected chi connectivity index (χ1v) is 9.28. The van der Waals surface area contributed by atoms with Gasteiger partial charge in [0.05, 0.1) is 22.6 Å². The van der Waals surface area contributed by atoms with E-state index in [1.165, 1.54) is 0 Å². The second kappa shape index (κ2) is 7.71. The van der Waals surface area contributed by atoms with Crippen LogP contribution in [0.4, 0.5) is 5.69 Å². The van der Waals surface area contributed by atoms with Crippen LogP contribution in [-0.2, 0) is 0 Å². The summed E-state index contributed by atoms with van der Waals surface area (Å²) < 4.78 is 1.54. The molecule has 28 heavy (non-hydrogen) atoms. The van der Waals surface area contributed by atoms with Gasteiger partial charge in [-0.25, -0.2) is 9.67 Å². The maximum absolute atomic E-state index is 13.3. The number of halogens is 1. The van der Waals surface area contributed by atoms with Gasteiger partial charge in [0, 0.05) is 16.3 Å². The zero-order valence-corrected chi connectivity index (χ0v) is 16.0. The lowest BCUT2D eigenvalue weighted by molar-refractivity contribution is 0.835. The highest BCUT2D eigenvalue weighted by molar-refractivity contribution is 6.30. The van der Waals surface area contributed by atoms with Gasteiger partial charge in [-0.1, -0.05) is 66.2 Å². The molecule has 0 fully saturated rings. The summed E-state index contributed by atoms with van der Waals surface area (Å²) in [7, 11) is 0. The zero-order valence-electron chi connectivity index (χ0n) is 15.3. The summed E-state index contributed by atoms with van der Waals surface area (Å²) in [6.45, 7) is 1.88. The molecular weight excluding hydrogens is 370 g/mol. The Kier molecular flexibility index (Phi) is 4.96. The normalized spacial score (nSPS) is 11.6. The van der Waals surface area contributed by atoms with E-state index >= 15 is 0 Å². The number of aryl methyl sites for hydroxylation is 1. The van der Waals surface area contributed by atoms with Gasteiger partial charge in [0.25, 0.3) is 5.56 Å². The van der Waals surface area contributed by atoms with Crippen molar-refractivity contribution in [2.45, 2.75) is 6.92 Å². The number of aliphatic imine (C=N–C) groups is 1. The van der Waals surface area contributed by atoms with Crippen LogP contribution in [-0.4, -0.2) is 15.5 Å². The number of benzene rings is 3. The fourth-order valence-corrected chi connectivity index (χ4v) is 3.30. The number of aromatic amines is 1. The molecule has 0 bridgehead atoms. The first-order valence-electron chi connectivity index (χ1n) is 8.90. The maximum Gasteiger partial charge on any atom is 0.280 e. The molecule has 4 aromatic rings. The van der Waals surface area contributed by atoms with E-state index < -0.39 is 0 Å². The lowest BCUT2D eigenvalue weighted by Gasteiger charge is -2.06. The van der Waals surface area contributed by atoms with Crippen LogP contribution in [0.15, 0.2) is 94.7 Å². The highest BCUT2D eigenvalue weighted by Gasteiger charge is 2.19. The number of para-hydroxylation sites is 1. The predicted octanol–water partition coefficient (Wildman–Crippen LogP) is 5.30. The van der Waals surface area contributed by atoms with Crippen LogP contribution in [0.1, 0.15) is 16.8 Å². The van der Waals surface area contributed by atoms with Gasteiger partial charge >= 0.3 is 0 Å². The van der Waals surface area contributed by atoms with Crippen LogP contribution in [0, 0.1) is 6.92 Å². The third-order valence-electron chi connectivity index (χ3n) is 4.42. The van der Waals surface area contributed by atoms with E-state index in [-0.39, 0.29) is 5.56 Å². The molecule has 0 saturated heterocycles. The molecule has 0 saturated carbocycles. The Hall–Kier alpha value is -3.37. The lowest BCUT2D eigenvalue weighted by atomic mass is 10.0. The number of rotatable bonds is 4. The molecule has 138 valence electrons. The Balaban J connectivity index is 1.94. The Morgan fingerprint density at radius 1 is 0.929 bits per heavy atom. The van der Waals surface area contributed by atoms with Crippen molar-refractivity contribution in [2.75, 3.05) is 0 Å². The third-order valence-corrected chi connectivity index (χ3v) is 4.65. The van der Waals surface area contributed by atoms with Gasteiger partial charge in [-0.05, 0) is 37.3 Å². The molecule has 4 rings (SSSR count). The molecule has 0 aliphatic heterocycles. The predicted molar refractivity (Wildman–Crippen MR) is 114 cm³/mol. The molecule has 0 spiro atoms. The number of hydrogen-bond acceptors (Lipinski definition) is 2. The summed E-state index contributed by atoms with van der Waals surface area (Å²) in [5.74, 6) is 0. The molecule has 5 heteroatoms. The average molecular weight is 388 g/mol. The molecular formula is C23H18ClN3O. The number of aromatic nitrogens is 2. The van der Waals surface area contributed by atoms with Crippen molar-refractivity contribution in [3.63, 3.8) is 0 Å². The van der Waals surface area contributed by atoms with Gasteiger partial charge in [-0.3, -0.25) is 9.89 Å². The summed E-state index contributed by atoms with van der Waals surface area (Å²) in [6, 6.07) is 26.5. The first-order chi connectivity index (χ1) is 13.6. The summed E-state index contributed by atoms with van der Waals surface area (Å²) in [6.07, 6.45) is 0. The Morgan fingerprint density at radius 3 is 2.29 bits per heavy atom. The number of nitrogens with one attached hydrogen (secondary N) is 1. The maximum atomic E-state index is 13.3.